The van der Waals surface area contributed by atoms with Crippen LogP contribution >= 0.6 is 0 Å². The number of imidazole rings is 1. The molecular formula is C53H40N4OPt-2. The number of para-hydroxylation sites is 4. The first-order valence-electron chi connectivity index (χ1n) is 25.4. The first kappa shape index (κ1) is 25.7. The van der Waals surface area contributed by atoms with Gasteiger partial charge in [0, 0.05) is 44.3 Å². The minimum absolute atomic E-state index is 0. The molecule has 5 nitrogen and oxygen atoms in total. The molecule has 3 aromatic heterocycles. The standard InChI is InChI=1S/C53H40N4O.Pt/c1-3-37(4-2)40-31-32-54-52(33-40)57-48-26-12-11-23-46(48)47-30-29-43(35-51(47)57)58-42-22-15-21-41(34-42)55-36-56(50-28-14-13-27-49(50)55)53-44(38-17-7-5-8-18-38)24-16-25-45(53)39-19-9-6-10-20-39;/h5-33,37H,3-4H2,1-2H3;/q-2;/i5D,6D,7D,8D,9D,10D,17D,18D,19D,20D,31D,32D,33D;. The van der Waals surface area contributed by atoms with Gasteiger partial charge in [0.15, 0.2) is 0 Å². The Hall–Kier alpha value is -6.55. The molecule has 7 aromatic carbocycles. The summed E-state index contributed by atoms with van der Waals surface area (Å²) < 4.78 is 125. The summed E-state index contributed by atoms with van der Waals surface area (Å²) in [6, 6.07) is 29.7. The fourth-order valence-corrected chi connectivity index (χ4v) is 7.59. The number of fused-ring (bicyclic) bond motifs is 4. The molecule has 59 heavy (non-hydrogen) atoms. The number of benzene rings is 7. The van der Waals surface area contributed by atoms with Crippen LogP contribution in [0, 0.1) is 18.5 Å². The van der Waals surface area contributed by atoms with Gasteiger partial charge in [0.05, 0.1) is 34.5 Å². The maximum absolute atomic E-state index is 9.38. The molecular weight excluding hydrogens is 904 g/mol. The van der Waals surface area contributed by atoms with Gasteiger partial charge in [-0.05, 0) is 75.8 Å². The zero-order valence-corrected chi connectivity index (χ0v) is 34.0. The maximum Gasteiger partial charge on any atom is 0.268 e. The quantitative estimate of drug-likeness (QED) is 0.101. The van der Waals surface area contributed by atoms with E-state index in [1.54, 1.807) is 68.3 Å². The van der Waals surface area contributed by atoms with Crippen molar-refractivity contribution in [3.05, 3.63) is 200 Å². The van der Waals surface area contributed by atoms with E-state index >= 15 is 0 Å². The molecule has 0 atom stereocenters. The second kappa shape index (κ2) is 16.4. The van der Waals surface area contributed by atoms with Crippen molar-refractivity contribution in [3.8, 4) is 50.9 Å². The Labute approximate surface area is 377 Å². The second-order valence-electron chi connectivity index (χ2n) is 13.6. The van der Waals surface area contributed by atoms with Gasteiger partial charge in [-0.25, -0.2) is 4.98 Å². The van der Waals surface area contributed by atoms with Gasteiger partial charge in [-0.15, -0.1) is 29.7 Å². The smallest absolute Gasteiger partial charge is 0.268 e. The van der Waals surface area contributed by atoms with E-state index in [2.05, 4.69) is 23.4 Å². The van der Waals surface area contributed by atoms with E-state index in [0.717, 1.165) is 16.3 Å². The molecule has 0 aliphatic rings. The summed E-state index contributed by atoms with van der Waals surface area (Å²) in [6.07, 6.45) is 4.53. The number of pyridine rings is 1. The van der Waals surface area contributed by atoms with Crippen LogP contribution in [0.5, 0.6) is 11.5 Å². The summed E-state index contributed by atoms with van der Waals surface area (Å²) in [5, 5.41) is 1.68. The molecule has 0 bridgehead atoms. The summed E-state index contributed by atoms with van der Waals surface area (Å²) in [6.45, 7) is 4.01. The van der Waals surface area contributed by atoms with Crippen LogP contribution < -0.4 is 9.30 Å². The molecule has 0 amide bonds. The minimum Gasteiger partial charge on any atom is -0.510 e. The van der Waals surface area contributed by atoms with E-state index in [0.29, 0.717) is 46.4 Å². The van der Waals surface area contributed by atoms with Gasteiger partial charge in [0.25, 0.3) is 6.33 Å². The zero-order chi connectivity index (χ0) is 50.3. The number of rotatable bonds is 10. The van der Waals surface area contributed by atoms with Crippen molar-refractivity contribution in [2.45, 2.75) is 32.6 Å². The third-order valence-electron chi connectivity index (χ3n) is 10.3. The number of nitrogens with zero attached hydrogens (tertiary/aromatic N) is 4. The molecule has 0 fully saturated rings. The Kier molecular flexibility index (Phi) is 7.14. The number of hydrogen-bond acceptors (Lipinski definition) is 2. The SMILES string of the molecule is [2H]c1nc(-n2c3[c-]c(Oc4[c-]c(-n5[c-][n+](-c6c(-c7c([2H])c([2H])c([2H])c([2H])c7[2H])cccc6-c6c([2H])c([2H])c([2H])c([2H])c6[2H])c6ccccc65)ccc4)ccc3c3ccccc32)c([2H])c(C(CC)CC)c1[2H].[Pt]. The summed E-state index contributed by atoms with van der Waals surface area (Å²) >= 11 is 0. The molecule has 10 aromatic rings. The molecule has 0 saturated heterocycles. The van der Waals surface area contributed by atoms with Crippen LogP contribution in [0.4, 0.5) is 0 Å². The summed E-state index contributed by atoms with van der Waals surface area (Å²) in [5.74, 6) is 0.690. The molecule has 0 unspecified atom stereocenters. The van der Waals surface area contributed by atoms with Crippen molar-refractivity contribution < 1.29 is 48.2 Å². The molecule has 0 spiro atoms. The van der Waals surface area contributed by atoms with Crippen LogP contribution in [-0.4, -0.2) is 14.1 Å². The third-order valence-corrected chi connectivity index (χ3v) is 10.3. The number of ether oxygens (including phenoxy) is 1. The number of aromatic nitrogens is 4. The molecule has 0 aliphatic carbocycles. The molecule has 6 heteroatoms. The second-order valence-corrected chi connectivity index (χ2v) is 13.6. The molecule has 0 aliphatic heterocycles. The van der Waals surface area contributed by atoms with E-state index in [9.17, 15) is 1.37 Å². The topological polar surface area (TPSA) is 35.9 Å². The first-order valence-corrected chi connectivity index (χ1v) is 18.9. The Bertz CT molecular complexity index is 3710. The van der Waals surface area contributed by atoms with Crippen LogP contribution in [-0.2, 0) is 21.1 Å². The van der Waals surface area contributed by atoms with Crippen molar-refractivity contribution in [2.24, 2.45) is 0 Å². The van der Waals surface area contributed by atoms with Crippen molar-refractivity contribution in [3.63, 3.8) is 0 Å². The van der Waals surface area contributed by atoms with Gasteiger partial charge in [-0.1, -0.05) is 140 Å². The fourth-order valence-electron chi connectivity index (χ4n) is 7.59. The van der Waals surface area contributed by atoms with Crippen molar-refractivity contribution in [2.75, 3.05) is 0 Å². The predicted octanol–water partition coefficient (Wildman–Crippen LogP) is 12.8. The van der Waals surface area contributed by atoms with E-state index < -0.39 is 60.4 Å². The average molecular weight is 957 g/mol. The van der Waals surface area contributed by atoms with Crippen molar-refractivity contribution in [1.82, 2.24) is 14.1 Å². The van der Waals surface area contributed by atoms with Crippen LogP contribution in [0.2, 0.25) is 0 Å². The molecule has 3 heterocycles. The normalized spacial score (nSPS) is 14.5. The van der Waals surface area contributed by atoms with Gasteiger partial charge >= 0.3 is 0 Å². The minimum atomic E-state index is -0.590. The molecule has 0 saturated carbocycles. The molecule has 0 radical (unpaired) electrons. The Morgan fingerprint density at radius 3 is 2.07 bits per heavy atom. The van der Waals surface area contributed by atoms with E-state index in [-0.39, 0.29) is 84.7 Å². The van der Waals surface area contributed by atoms with Gasteiger partial charge in [0.2, 0.25) is 0 Å². The number of hydrogen-bond donors (Lipinski definition) is 0. The monoisotopic (exact) mass is 956 g/mol. The van der Waals surface area contributed by atoms with Crippen LogP contribution in [0.15, 0.2) is 176 Å². The summed E-state index contributed by atoms with van der Waals surface area (Å²) in [4.78, 5) is 4.51. The van der Waals surface area contributed by atoms with Gasteiger partial charge in [-0.2, -0.15) is 18.2 Å². The van der Waals surface area contributed by atoms with Gasteiger partial charge in [0.1, 0.15) is 5.82 Å². The Morgan fingerprint density at radius 2 is 1.34 bits per heavy atom. The zero-order valence-electron chi connectivity index (χ0n) is 44.7. The first-order chi connectivity index (χ1) is 34.1. The van der Waals surface area contributed by atoms with E-state index in [4.69, 9.17) is 21.2 Å². The van der Waals surface area contributed by atoms with E-state index in [1.165, 1.54) is 0 Å². The summed E-state index contributed by atoms with van der Waals surface area (Å²) in [5.41, 5.74) is 3.32. The van der Waals surface area contributed by atoms with Gasteiger partial charge in [-0.3, -0.25) is 4.57 Å². The predicted molar refractivity (Wildman–Crippen MR) is 234 cm³/mol. The van der Waals surface area contributed by atoms with Crippen molar-refractivity contribution in [1.29, 1.82) is 0 Å². The van der Waals surface area contributed by atoms with E-state index in [1.807, 2.05) is 56.3 Å². The Balaban J connectivity index is 0.00000640. The van der Waals surface area contributed by atoms with Crippen LogP contribution in [0.1, 0.15) is 56.0 Å². The molecule has 0 N–H and O–H groups in total. The van der Waals surface area contributed by atoms with Gasteiger partial charge < -0.3 is 13.9 Å². The van der Waals surface area contributed by atoms with Crippen LogP contribution in [0.25, 0.3) is 72.3 Å². The fraction of sp³-hybridized carbons (Fsp3) is 0.0943. The maximum atomic E-state index is 9.38. The molecule has 290 valence electrons. The summed E-state index contributed by atoms with van der Waals surface area (Å²) in [7, 11) is 0. The van der Waals surface area contributed by atoms with Crippen LogP contribution in [0.3, 0.4) is 0 Å². The largest absolute Gasteiger partial charge is 0.510 e. The Morgan fingerprint density at radius 1 is 0.678 bits per heavy atom. The van der Waals surface area contributed by atoms with Crippen molar-refractivity contribution >= 4 is 32.8 Å². The average Bonchev–Trinajstić information content (AvgIpc) is 3.92. The third kappa shape index (κ3) is 6.96. The molecule has 10 rings (SSSR count).